The predicted octanol–water partition coefficient (Wildman–Crippen LogP) is 6.82. The molecule has 4 saturated carbocycles. The van der Waals surface area contributed by atoms with Crippen molar-refractivity contribution in [2.75, 3.05) is 6.61 Å². The molecule has 0 amide bonds. The first-order valence-electron chi connectivity index (χ1n) is 13.8. The Labute approximate surface area is 207 Å². The van der Waals surface area contributed by atoms with Crippen LogP contribution in [0.3, 0.4) is 0 Å². The molecule has 5 fully saturated rings. The molecular formula is C29H48O5. The average Bonchev–Trinajstić information content (AvgIpc) is 2.70. The van der Waals surface area contributed by atoms with Crippen molar-refractivity contribution < 1.29 is 23.8 Å². The number of ether oxygens (including phenoxy) is 3. The van der Waals surface area contributed by atoms with Gasteiger partial charge >= 0.3 is 11.9 Å². The molecule has 0 radical (unpaired) electrons. The summed E-state index contributed by atoms with van der Waals surface area (Å²) in [6.07, 6.45) is 11.4. The monoisotopic (exact) mass is 476 g/mol. The van der Waals surface area contributed by atoms with Crippen molar-refractivity contribution >= 4 is 11.9 Å². The van der Waals surface area contributed by atoms with Gasteiger partial charge in [-0.15, -0.1) is 0 Å². The highest BCUT2D eigenvalue weighted by Crippen LogP contribution is 2.68. The lowest BCUT2D eigenvalue weighted by Crippen LogP contribution is -2.60. The minimum atomic E-state index is -0.856. The fourth-order valence-electron chi connectivity index (χ4n) is 8.28. The molecule has 34 heavy (non-hydrogen) atoms. The Morgan fingerprint density at radius 2 is 1.68 bits per heavy atom. The lowest BCUT2D eigenvalue weighted by molar-refractivity contribution is -0.244. The van der Waals surface area contributed by atoms with Crippen molar-refractivity contribution in [1.29, 1.82) is 0 Å². The maximum atomic E-state index is 13.5. The second-order valence-corrected chi connectivity index (χ2v) is 14.0. The number of esters is 2. The second-order valence-electron chi connectivity index (χ2n) is 14.0. The third-order valence-corrected chi connectivity index (χ3v) is 9.86. The van der Waals surface area contributed by atoms with Gasteiger partial charge in [0.25, 0.3) is 0 Å². The van der Waals surface area contributed by atoms with E-state index >= 15 is 0 Å². The SMILES string of the molecule is CCC(CC(C)(C)C(=O)OC1(C)CCCCO1)C(=O)OC(C)(C)C12CC3CC(CC(C)(C3)C1)C2. The van der Waals surface area contributed by atoms with Crippen molar-refractivity contribution in [1.82, 2.24) is 0 Å². The van der Waals surface area contributed by atoms with Gasteiger partial charge < -0.3 is 14.2 Å². The minimum Gasteiger partial charge on any atom is -0.459 e. The van der Waals surface area contributed by atoms with Gasteiger partial charge in [-0.1, -0.05) is 13.8 Å². The van der Waals surface area contributed by atoms with E-state index in [1.807, 2.05) is 27.7 Å². The summed E-state index contributed by atoms with van der Waals surface area (Å²) in [6, 6.07) is 0. The van der Waals surface area contributed by atoms with Crippen LogP contribution in [0.1, 0.15) is 119 Å². The Hall–Kier alpha value is -1.10. The zero-order valence-electron chi connectivity index (χ0n) is 22.8. The molecule has 0 spiro atoms. The fraction of sp³-hybridized carbons (Fsp3) is 0.931. The van der Waals surface area contributed by atoms with Crippen LogP contribution >= 0.6 is 0 Å². The first-order valence-corrected chi connectivity index (χ1v) is 13.8. The highest BCUT2D eigenvalue weighted by Gasteiger charge is 2.62. The van der Waals surface area contributed by atoms with E-state index in [1.165, 1.54) is 38.5 Å². The third kappa shape index (κ3) is 4.92. The molecule has 1 heterocycles. The lowest BCUT2D eigenvalue weighted by Gasteiger charge is -2.65. The molecule has 1 aliphatic heterocycles. The number of rotatable bonds is 8. The molecule has 5 aliphatic rings. The quantitative estimate of drug-likeness (QED) is 0.360. The van der Waals surface area contributed by atoms with Gasteiger partial charge in [-0.2, -0.15) is 0 Å². The van der Waals surface area contributed by atoms with Gasteiger partial charge in [-0.3, -0.25) is 9.59 Å². The van der Waals surface area contributed by atoms with Crippen LogP contribution < -0.4 is 0 Å². The Morgan fingerprint density at radius 1 is 1.03 bits per heavy atom. The Balaban J connectivity index is 1.41. The number of carbonyl (C=O) groups is 2. The van der Waals surface area contributed by atoms with E-state index in [0.717, 1.165) is 24.7 Å². The van der Waals surface area contributed by atoms with Gasteiger partial charge in [0.15, 0.2) is 0 Å². The van der Waals surface area contributed by atoms with Crippen LogP contribution in [-0.4, -0.2) is 29.9 Å². The van der Waals surface area contributed by atoms with Gasteiger partial charge in [-0.25, -0.2) is 0 Å². The molecule has 4 unspecified atom stereocenters. The van der Waals surface area contributed by atoms with Gasteiger partial charge in [0, 0.05) is 18.8 Å². The summed E-state index contributed by atoms with van der Waals surface area (Å²) in [7, 11) is 0. The molecule has 1 saturated heterocycles. The maximum Gasteiger partial charge on any atom is 0.314 e. The molecule has 0 aromatic heterocycles. The first-order chi connectivity index (χ1) is 15.7. The normalized spacial score (nSPS) is 38.4. The molecule has 194 valence electrons. The molecule has 4 aliphatic carbocycles. The number of carbonyl (C=O) groups excluding carboxylic acids is 2. The molecular weight excluding hydrogens is 428 g/mol. The zero-order chi connectivity index (χ0) is 25.0. The Kier molecular flexibility index (Phi) is 6.71. The van der Waals surface area contributed by atoms with Gasteiger partial charge in [-0.05, 0) is 109 Å². The maximum absolute atomic E-state index is 13.5. The van der Waals surface area contributed by atoms with E-state index in [-0.39, 0.29) is 23.3 Å². The van der Waals surface area contributed by atoms with Crippen molar-refractivity contribution in [3.63, 3.8) is 0 Å². The van der Waals surface area contributed by atoms with Gasteiger partial charge in [0.2, 0.25) is 5.79 Å². The summed E-state index contributed by atoms with van der Waals surface area (Å²) < 4.78 is 18.0. The van der Waals surface area contributed by atoms with E-state index < -0.39 is 16.8 Å². The third-order valence-electron chi connectivity index (χ3n) is 9.86. The summed E-state index contributed by atoms with van der Waals surface area (Å²) in [6.45, 7) is 15.0. The Morgan fingerprint density at radius 3 is 2.21 bits per heavy atom. The minimum absolute atomic E-state index is 0.0845. The standard InChI is InChI=1S/C29H48O5/c1-8-22(18-25(2,3)24(31)34-28(7)11-9-10-12-32-28)23(30)33-26(4,5)29-16-20-13-21(17-29)15-27(6,14-20)19-29/h20-22H,8-19H2,1-7H3. The van der Waals surface area contributed by atoms with Crippen molar-refractivity contribution in [2.24, 2.45) is 34.0 Å². The molecule has 5 nitrogen and oxygen atoms in total. The first kappa shape index (κ1) is 26.0. The molecule has 0 aromatic carbocycles. The summed E-state index contributed by atoms with van der Waals surface area (Å²) in [5.74, 6) is -0.0745. The van der Waals surface area contributed by atoms with Crippen molar-refractivity contribution in [3.05, 3.63) is 0 Å². The topological polar surface area (TPSA) is 61.8 Å². The van der Waals surface area contributed by atoms with E-state index in [0.29, 0.717) is 31.3 Å². The highest BCUT2D eigenvalue weighted by molar-refractivity contribution is 5.78. The number of hydrogen-bond donors (Lipinski definition) is 0. The van der Waals surface area contributed by atoms with Crippen molar-refractivity contribution in [3.8, 4) is 0 Å². The fourth-order valence-corrected chi connectivity index (χ4v) is 8.28. The predicted molar refractivity (Wildman–Crippen MR) is 132 cm³/mol. The smallest absolute Gasteiger partial charge is 0.314 e. The van der Waals surface area contributed by atoms with Crippen LogP contribution in [0.5, 0.6) is 0 Å². The van der Waals surface area contributed by atoms with Crippen LogP contribution in [0, 0.1) is 34.0 Å². The highest BCUT2D eigenvalue weighted by atomic mass is 16.7. The van der Waals surface area contributed by atoms with Crippen LogP contribution in [-0.2, 0) is 23.8 Å². The molecule has 4 atom stereocenters. The van der Waals surface area contributed by atoms with Crippen LogP contribution in [0.15, 0.2) is 0 Å². The second kappa shape index (κ2) is 8.78. The van der Waals surface area contributed by atoms with Crippen LogP contribution in [0.2, 0.25) is 0 Å². The van der Waals surface area contributed by atoms with E-state index in [1.54, 1.807) is 0 Å². The summed E-state index contributed by atoms with van der Waals surface area (Å²) in [4.78, 5) is 26.6. The van der Waals surface area contributed by atoms with Crippen LogP contribution in [0.4, 0.5) is 0 Å². The van der Waals surface area contributed by atoms with E-state index in [4.69, 9.17) is 14.2 Å². The summed E-state index contributed by atoms with van der Waals surface area (Å²) >= 11 is 0. The number of hydrogen-bond acceptors (Lipinski definition) is 5. The average molecular weight is 477 g/mol. The lowest BCUT2D eigenvalue weighted by atomic mass is 9.41. The molecule has 0 N–H and O–H groups in total. The summed E-state index contributed by atoms with van der Waals surface area (Å²) in [5, 5.41) is 0. The summed E-state index contributed by atoms with van der Waals surface area (Å²) in [5.41, 5.74) is -0.797. The largest absolute Gasteiger partial charge is 0.459 e. The van der Waals surface area contributed by atoms with Crippen molar-refractivity contribution in [2.45, 2.75) is 130 Å². The zero-order valence-corrected chi connectivity index (χ0v) is 22.8. The Bertz CT molecular complexity index is 776. The van der Waals surface area contributed by atoms with Gasteiger partial charge in [0.05, 0.1) is 17.9 Å². The molecule has 4 bridgehead atoms. The molecule has 5 rings (SSSR count). The van der Waals surface area contributed by atoms with Crippen LogP contribution in [0.25, 0.3) is 0 Å². The van der Waals surface area contributed by atoms with E-state index in [9.17, 15) is 9.59 Å². The molecule has 5 heteroatoms. The van der Waals surface area contributed by atoms with E-state index in [2.05, 4.69) is 20.8 Å². The van der Waals surface area contributed by atoms with Gasteiger partial charge in [0.1, 0.15) is 5.60 Å². The molecule has 0 aromatic rings.